The summed E-state index contributed by atoms with van der Waals surface area (Å²) in [5.74, 6) is 1.09. The van der Waals surface area contributed by atoms with Gasteiger partial charge >= 0.3 is 0 Å². The summed E-state index contributed by atoms with van der Waals surface area (Å²) < 4.78 is 12.8. The van der Waals surface area contributed by atoms with E-state index in [1.165, 1.54) is 12.1 Å². The minimum Gasteiger partial charge on any atom is -0.354 e. The summed E-state index contributed by atoms with van der Waals surface area (Å²) in [6, 6.07) is 6.81. The number of nitrogens with zero attached hydrogens (tertiary/aromatic N) is 1. The Morgan fingerprint density at radius 2 is 1.83 bits per heavy atom. The van der Waals surface area contributed by atoms with Gasteiger partial charge in [-0.2, -0.15) is 0 Å². The smallest absolute Gasteiger partial charge is 0.191 e. The third-order valence-electron chi connectivity index (χ3n) is 2.96. The lowest BCUT2D eigenvalue weighted by atomic mass is 10.1. The summed E-state index contributed by atoms with van der Waals surface area (Å²) in [5, 5.41) is 6.52. The molecule has 0 amide bonds. The number of rotatable bonds is 4. The summed E-state index contributed by atoms with van der Waals surface area (Å²) in [6.07, 6.45) is 0. The van der Waals surface area contributed by atoms with Crippen molar-refractivity contribution in [3.63, 3.8) is 0 Å². The number of halogens is 1. The molecule has 0 saturated heterocycles. The van der Waals surface area contributed by atoms with Gasteiger partial charge < -0.3 is 10.6 Å². The van der Waals surface area contributed by atoms with Crippen LogP contribution in [-0.4, -0.2) is 19.0 Å². The first kappa shape index (κ1) is 14.5. The maximum Gasteiger partial charge on any atom is 0.191 e. The maximum absolute atomic E-state index is 12.8. The summed E-state index contributed by atoms with van der Waals surface area (Å²) in [7, 11) is 1.74. The van der Waals surface area contributed by atoms with Crippen LogP contribution in [0.5, 0.6) is 0 Å². The van der Waals surface area contributed by atoms with Crippen LogP contribution in [0.1, 0.15) is 26.3 Å². The van der Waals surface area contributed by atoms with Crippen molar-refractivity contribution in [2.45, 2.75) is 33.4 Å². The molecular weight excluding hydrogens is 229 g/mol. The van der Waals surface area contributed by atoms with Crippen molar-refractivity contribution in [3.05, 3.63) is 35.6 Å². The summed E-state index contributed by atoms with van der Waals surface area (Å²) in [5.41, 5.74) is 1.02. The van der Waals surface area contributed by atoms with E-state index >= 15 is 0 Å². The average Bonchev–Trinajstić information content (AvgIpc) is 2.35. The van der Waals surface area contributed by atoms with Crippen LogP contribution >= 0.6 is 0 Å². The number of nitrogens with one attached hydrogen (secondary N) is 2. The van der Waals surface area contributed by atoms with Gasteiger partial charge in [-0.15, -0.1) is 0 Å². The number of hydrogen-bond donors (Lipinski definition) is 2. The monoisotopic (exact) mass is 251 g/mol. The second-order valence-electron chi connectivity index (χ2n) is 4.73. The zero-order chi connectivity index (χ0) is 13.5. The van der Waals surface area contributed by atoms with E-state index in [9.17, 15) is 4.39 Å². The SMILES string of the molecule is CN=C(NCc1ccc(F)cc1)NC(C)C(C)C. The molecule has 0 aliphatic carbocycles. The van der Waals surface area contributed by atoms with Crippen LogP contribution in [0.4, 0.5) is 4.39 Å². The summed E-state index contributed by atoms with van der Waals surface area (Å²) in [6.45, 7) is 7.07. The second kappa shape index (κ2) is 6.99. The van der Waals surface area contributed by atoms with Gasteiger partial charge in [0, 0.05) is 19.6 Å². The average molecular weight is 251 g/mol. The van der Waals surface area contributed by atoms with Gasteiger partial charge in [0.2, 0.25) is 0 Å². The first-order chi connectivity index (χ1) is 8.52. The largest absolute Gasteiger partial charge is 0.354 e. The van der Waals surface area contributed by atoms with Gasteiger partial charge in [0.1, 0.15) is 5.82 Å². The molecule has 4 heteroatoms. The minimum absolute atomic E-state index is 0.213. The number of guanidine groups is 1. The van der Waals surface area contributed by atoms with Gasteiger partial charge in [-0.25, -0.2) is 4.39 Å². The number of aliphatic imine (C=N–C) groups is 1. The molecule has 0 heterocycles. The van der Waals surface area contributed by atoms with E-state index in [2.05, 4.69) is 36.4 Å². The Labute approximate surface area is 109 Å². The fraction of sp³-hybridized carbons (Fsp3) is 0.500. The van der Waals surface area contributed by atoms with Gasteiger partial charge in [-0.1, -0.05) is 26.0 Å². The highest BCUT2D eigenvalue weighted by atomic mass is 19.1. The van der Waals surface area contributed by atoms with E-state index in [1.807, 2.05) is 0 Å². The normalized spacial score (nSPS) is 13.6. The third kappa shape index (κ3) is 4.73. The Balaban J connectivity index is 2.47. The topological polar surface area (TPSA) is 36.4 Å². The van der Waals surface area contributed by atoms with Crippen LogP contribution in [-0.2, 0) is 6.54 Å². The van der Waals surface area contributed by atoms with E-state index in [0.717, 1.165) is 11.5 Å². The Bertz CT molecular complexity index is 385. The molecule has 1 aromatic carbocycles. The fourth-order valence-corrected chi connectivity index (χ4v) is 1.36. The molecule has 100 valence electrons. The molecule has 0 radical (unpaired) electrons. The van der Waals surface area contributed by atoms with E-state index in [4.69, 9.17) is 0 Å². The molecule has 1 rings (SSSR count). The van der Waals surface area contributed by atoms with Crippen LogP contribution in [0.3, 0.4) is 0 Å². The van der Waals surface area contributed by atoms with Crippen molar-refractivity contribution in [2.24, 2.45) is 10.9 Å². The third-order valence-corrected chi connectivity index (χ3v) is 2.96. The second-order valence-corrected chi connectivity index (χ2v) is 4.73. The molecule has 0 aliphatic rings. The Morgan fingerprint density at radius 1 is 1.22 bits per heavy atom. The van der Waals surface area contributed by atoms with Gasteiger partial charge in [-0.05, 0) is 30.5 Å². The molecule has 0 aromatic heterocycles. The molecule has 1 atom stereocenters. The molecule has 0 aliphatic heterocycles. The van der Waals surface area contributed by atoms with E-state index < -0.39 is 0 Å². The molecule has 1 aromatic rings. The van der Waals surface area contributed by atoms with Crippen LogP contribution in [0.25, 0.3) is 0 Å². The maximum atomic E-state index is 12.8. The number of hydrogen-bond acceptors (Lipinski definition) is 1. The Hall–Kier alpha value is -1.58. The Morgan fingerprint density at radius 3 is 2.33 bits per heavy atom. The number of benzene rings is 1. The van der Waals surface area contributed by atoms with Gasteiger partial charge in [0.25, 0.3) is 0 Å². The predicted octanol–water partition coefficient (Wildman–Crippen LogP) is 2.54. The van der Waals surface area contributed by atoms with E-state index in [0.29, 0.717) is 18.5 Å². The van der Waals surface area contributed by atoms with Gasteiger partial charge in [-0.3, -0.25) is 4.99 Å². The molecule has 2 N–H and O–H groups in total. The lowest BCUT2D eigenvalue weighted by molar-refractivity contribution is 0.481. The van der Waals surface area contributed by atoms with Crippen molar-refractivity contribution < 1.29 is 4.39 Å². The van der Waals surface area contributed by atoms with Gasteiger partial charge in [0.15, 0.2) is 5.96 Å². The molecule has 3 nitrogen and oxygen atoms in total. The summed E-state index contributed by atoms with van der Waals surface area (Å²) >= 11 is 0. The highest BCUT2D eigenvalue weighted by Gasteiger charge is 2.08. The van der Waals surface area contributed by atoms with Gasteiger partial charge in [0.05, 0.1) is 0 Å². The molecule has 0 saturated carbocycles. The lowest BCUT2D eigenvalue weighted by Crippen LogP contribution is -2.43. The van der Waals surface area contributed by atoms with Crippen molar-refractivity contribution in [1.82, 2.24) is 10.6 Å². The molecule has 0 spiro atoms. The molecular formula is C14H22FN3. The highest BCUT2D eigenvalue weighted by Crippen LogP contribution is 2.02. The Kier molecular flexibility index (Phi) is 5.62. The van der Waals surface area contributed by atoms with Crippen molar-refractivity contribution >= 4 is 5.96 Å². The standard InChI is InChI=1S/C14H22FN3/c1-10(2)11(3)18-14(16-4)17-9-12-5-7-13(15)8-6-12/h5-8,10-11H,9H2,1-4H3,(H2,16,17,18). The van der Waals surface area contributed by atoms with Crippen LogP contribution in [0.15, 0.2) is 29.3 Å². The van der Waals surface area contributed by atoms with Crippen LogP contribution in [0, 0.1) is 11.7 Å². The summed E-state index contributed by atoms with van der Waals surface area (Å²) in [4.78, 5) is 4.16. The van der Waals surface area contributed by atoms with Crippen molar-refractivity contribution in [1.29, 1.82) is 0 Å². The zero-order valence-corrected chi connectivity index (χ0v) is 11.5. The molecule has 1 unspecified atom stereocenters. The predicted molar refractivity (Wildman–Crippen MR) is 74.0 cm³/mol. The first-order valence-corrected chi connectivity index (χ1v) is 6.24. The van der Waals surface area contributed by atoms with Crippen molar-refractivity contribution in [2.75, 3.05) is 7.05 Å². The zero-order valence-electron chi connectivity index (χ0n) is 11.5. The molecule has 0 fully saturated rings. The van der Waals surface area contributed by atoms with Crippen LogP contribution < -0.4 is 10.6 Å². The fourth-order valence-electron chi connectivity index (χ4n) is 1.36. The lowest BCUT2D eigenvalue weighted by Gasteiger charge is -2.20. The molecule has 18 heavy (non-hydrogen) atoms. The quantitative estimate of drug-likeness (QED) is 0.637. The van der Waals surface area contributed by atoms with Crippen LogP contribution in [0.2, 0.25) is 0 Å². The van der Waals surface area contributed by atoms with E-state index in [-0.39, 0.29) is 5.82 Å². The first-order valence-electron chi connectivity index (χ1n) is 6.24. The minimum atomic E-state index is -0.213. The molecule has 0 bridgehead atoms. The highest BCUT2D eigenvalue weighted by molar-refractivity contribution is 5.79. The van der Waals surface area contributed by atoms with E-state index in [1.54, 1.807) is 19.2 Å². The van der Waals surface area contributed by atoms with Crippen molar-refractivity contribution in [3.8, 4) is 0 Å².